The lowest BCUT2D eigenvalue weighted by Gasteiger charge is -2.36. The van der Waals surface area contributed by atoms with E-state index in [4.69, 9.17) is 5.73 Å². The predicted molar refractivity (Wildman–Crippen MR) is 71.4 cm³/mol. The van der Waals surface area contributed by atoms with Crippen molar-refractivity contribution in [1.29, 1.82) is 0 Å². The average Bonchev–Trinajstić information content (AvgIpc) is 2.28. The van der Waals surface area contributed by atoms with Crippen molar-refractivity contribution in [2.24, 2.45) is 0 Å². The molecule has 0 saturated carbocycles. The van der Waals surface area contributed by atoms with E-state index in [1.807, 2.05) is 26.0 Å². The van der Waals surface area contributed by atoms with Crippen molar-refractivity contribution in [2.75, 3.05) is 18.8 Å². The maximum atomic E-state index is 12.4. The Morgan fingerprint density at radius 1 is 1.39 bits per heavy atom. The topological polar surface area (TPSA) is 66.6 Å². The van der Waals surface area contributed by atoms with Crippen molar-refractivity contribution in [3.63, 3.8) is 0 Å². The van der Waals surface area contributed by atoms with Gasteiger partial charge in [-0.3, -0.25) is 4.79 Å². The molecule has 1 aromatic rings. The van der Waals surface area contributed by atoms with Crippen molar-refractivity contribution in [3.8, 4) is 0 Å². The average molecular weight is 248 g/mol. The zero-order chi connectivity index (χ0) is 13.3. The molecule has 2 rings (SSSR count). The van der Waals surface area contributed by atoms with Gasteiger partial charge in [0.1, 0.15) is 0 Å². The lowest BCUT2D eigenvalue weighted by atomic mass is 9.93. The van der Waals surface area contributed by atoms with E-state index in [0.29, 0.717) is 37.2 Å². The molecule has 0 aliphatic carbocycles. The summed E-state index contributed by atoms with van der Waals surface area (Å²) in [5.41, 5.74) is 7.26. The monoisotopic (exact) mass is 248 g/mol. The fourth-order valence-corrected chi connectivity index (χ4v) is 2.33. The Bertz CT molecular complexity index is 439. The maximum absolute atomic E-state index is 12.4. The predicted octanol–water partition coefficient (Wildman–Crippen LogP) is 1.56. The Labute approximate surface area is 107 Å². The van der Waals surface area contributed by atoms with Gasteiger partial charge in [0.05, 0.1) is 11.2 Å². The molecule has 4 nitrogen and oxygen atoms in total. The minimum atomic E-state index is -0.645. The summed E-state index contributed by atoms with van der Waals surface area (Å²) in [7, 11) is 0. The molecule has 1 aliphatic rings. The second-order valence-corrected chi connectivity index (χ2v) is 5.33. The van der Waals surface area contributed by atoms with E-state index in [1.54, 1.807) is 11.0 Å². The van der Waals surface area contributed by atoms with E-state index >= 15 is 0 Å². The van der Waals surface area contributed by atoms with E-state index < -0.39 is 5.60 Å². The summed E-state index contributed by atoms with van der Waals surface area (Å²) >= 11 is 0. The molecule has 0 atom stereocenters. The lowest BCUT2D eigenvalue weighted by molar-refractivity contribution is -0.00200. The number of aliphatic hydroxyl groups is 1. The van der Waals surface area contributed by atoms with E-state index in [1.165, 1.54) is 0 Å². The largest absolute Gasteiger partial charge is 0.398 e. The summed E-state index contributed by atoms with van der Waals surface area (Å²) in [6.45, 7) is 4.87. The Morgan fingerprint density at radius 3 is 2.56 bits per heavy atom. The van der Waals surface area contributed by atoms with E-state index in [9.17, 15) is 9.90 Å². The molecule has 18 heavy (non-hydrogen) atoms. The summed E-state index contributed by atoms with van der Waals surface area (Å²) < 4.78 is 0. The van der Waals surface area contributed by atoms with Gasteiger partial charge in [0, 0.05) is 18.8 Å². The quantitative estimate of drug-likeness (QED) is 0.741. The lowest BCUT2D eigenvalue weighted by Crippen LogP contribution is -2.45. The minimum Gasteiger partial charge on any atom is -0.398 e. The van der Waals surface area contributed by atoms with Crippen LogP contribution in [-0.2, 0) is 0 Å². The van der Waals surface area contributed by atoms with Crippen molar-refractivity contribution in [3.05, 3.63) is 29.3 Å². The smallest absolute Gasteiger partial charge is 0.256 e. The number of nitrogen functional groups attached to an aromatic ring is 1. The number of benzene rings is 1. The number of likely N-dealkylation sites (tertiary alicyclic amines) is 1. The number of carbonyl (C=O) groups excluding carboxylic acids is 1. The van der Waals surface area contributed by atoms with E-state index in [-0.39, 0.29) is 5.91 Å². The molecule has 0 radical (unpaired) electrons. The molecule has 98 valence electrons. The Morgan fingerprint density at radius 2 is 2.00 bits per heavy atom. The highest BCUT2D eigenvalue weighted by Crippen LogP contribution is 2.25. The summed E-state index contributed by atoms with van der Waals surface area (Å²) in [6.07, 6.45) is 1.23. The third-order valence-electron chi connectivity index (χ3n) is 3.65. The number of amides is 1. The first-order chi connectivity index (χ1) is 8.41. The number of anilines is 1. The molecule has 1 heterocycles. The second-order valence-electron chi connectivity index (χ2n) is 5.33. The van der Waals surface area contributed by atoms with Gasteiger partial charge in [0.15, 0.2) is 0 Å². The van der Waals surface area contributed by atoms with Crippen molar-refractivity contribution in [1.82, 2.24) is 4.90 Å². The molecule has 3 N–H and O–H groups in total. The molecular formula is C14H20N2O2. The number of nitrogens with zero attached hydrogens (tertiary/aromatic N) is 1. The van der Waals surface area contributed by atoms with Crippen LogP contribution < -0.4 is 5.73 Å². The van der Waals surface area contributed by atoms with Gasteiger partial charge in [-0.1, -0.05) is 12.1 Å². The fraction of sp³-hybridized carbons (Fsp3) is 0.500. The Hall–Kier alpha value is -1.55. The number of carbonyl (C=O) groups is 1. The van der Waals surface area contributed by atoms with Crippen LogP contribution in [0, 0.1) is 6.92 Å². The molecule has 1 fully saturated rings. The van der Waals surface area contributed by atoms with Crippen LogP contribution in [-0.4, -0.2) is 34.6 Å². The van der Waals surface area contributed by atoms with Crippen LogP contribution in [0.2, 0.25) is 0 Å². The Balaban J connectivity index is 2.18. The van der Waals surface area contributed by atoms with Crippen LogP contribution in [0.3, 0.4) is 0 Å². The number of aryl methyl sites for hydroxylation is 1. The van der Waals surface area contributed by atoms with Crippen molar-refractivity contribution in [2.45, 2.75) is 32.3 Å². The van der Waals surface area contributed by atoms with Gasteiger partial charge >= 0.3 is 0 Å². The van der Waals surface area contributed by atoms with Gasteiger partial charge in [0.25, 0.3) is 5.91 Å². The molecule has 0 bridgehead atoms. The normalized spacial score (nSPS) is 18.7. The standard InChI is InChI=1S/C14H20N2O2/c1-10-4-3-5-11(15)12(10)13(17)16-8-6-14(2,18)7-9-16/h3-5,18H,6-9,15H2,1-2H3. The third kappa shape index (κ3) is 2.48. The zero-order valence-electron chi connectivity index (χ0n) is 10.9. The van der Waals surface area contributed by atoms with Gasteiger partial charge in [-0.25, -0.2) is 0 Å². The number of hydrogen-bond acceptors (Lipinski definition) is 3. The highest BCUT2D eigenvalue weighted by molar-refractivity contribution is 6.00. The third-order valence-corrected chi connectivity index (χ3v) is 3.65. The van der Waals surface area contributed by atoms with Gasteiger partial charge < -0.3 is 15.7 Å². The molecule has 4 heteroatoms. The second kappa shape index (κ2) is 4.61. The molecule has 1 saturated heterocycles. The molecule has 0 aromatic heterocycles. The molecule has 0 unspecified atom stereocenters. The summed E-state index contributed by atoms with van der Waals surface area (Å²) in [5.74, 6) is -0.0268. The number of piperidine rings is 1. The first-order valence-electron chi connectivity index (χ1n) is 6.27. The summed E-state index contributed by atoms with van der Waals surface area (Å²) in [6, 6.07) is 5.49. The number of nitrogens with two attached hydrogens (primary N) is 1. The summed E-state index contributed by atoms with van der Waals surface area (Å²) in [5, 5.41) is 9.89. The van der Waals surface area contributed by atoms with Crippen molar-refractivity contribution >= 4 is 11.6 Å². The number of rotatable bonds is 1. The molecule has 1 amide bonds. The summed E-state index contributed by atoms with van der Waals surface area (Å²) in [4.78, 5) is 14.2. The molecular weight excluding hydrogens is 228 g/mol. The molecule has 1 aliphatic heterocycles. The molecule has 1 aromatic carbocycles. The fourth-order valence-electron chi connectivity index (χ4n) is 2.33. The van der Waals surface area contributed by atoms with Crippen LogP contribution in [0.1, 0.15) is 35.7 Å². The number of hydrogen-bond donors (Lipinski definition) is 2. The SMILES string of the molecule is Cc1cccc(N)c1C(=O)N1CCC(C)(O)CC1. The van der Waals surface area contributed by atoms with E-state index in [0.717, 1.165) is 5.56 Å². The maximum Gasteiger partial charge on any atom is 0.256 e. The highest BCUT2D eigenvalue weighted by atomic mass is 16.3. The van der Waals surface area contributed by atoms with Crippen molar-refractivity contribution < 1.29 is 9.90 Å². The Kier molecular flexibility index (Phi) is 3.30. The van der Waals surface area contributed by atoms with Gasteiger partial charge in [-0.05, 0) is 38.3 Å². The zero-order valence-corrected chi connectivity index (χ0v) is 10.9. The van der Waals surface area contributed by atoms with Crippen LogP contribution in [0.25, 0.3) is 0 Å². The van der Waals surface area contributed by atoms with Crippen LogP contribution in [0.15, 0.2) is 18.2 Å². The minimum absolute atomic E-state index is 0.0268. The van der Waals surface area contributed by atoms with Crippen LogP contribution >= 0.6 is 0 Å². The first-order valence-corrected chi connectivity index (χ1v) is 6.27. The molecule has 0 spiro atoms. The van der Waals surface area contributed by atoms with E-state index in [2.05, 4.69) is 0 Å². The van der Waals surface area contributed by atoms with Crippen LogP contribution in [0.4, 0.5) is 5.69 Å². The highest BCUT2D eigenvalue weighted by Gasteiger charge is 2.30. The van der Waals surface area contributed by atoms with Gasteiger partial charge in [-0.15, -0.1) is 0 Å². The van der Waals surface area contributed by atoms with Gasteiger partial charge in [-0.2, -0.15) is 0 Å². The first kappa shape index (κ1) is 12.9. The van der Waals surface area contributed by atoms with Gasteiger partial charge in [0.2, 0.25) is 0 Å². The van der Waals surface area contributed by atoms with Crippen LogP contribution in [0.5, 0.6) is 0 Å².